The van der Waals surface area contributed by atoms with Gasteiger partial charge in [0.1, 0.15) is 5.82 Å². The van der Waals surface area contributed by atoms with E-state index in [1.165, 1.54) is 5.56 Å². The molecule has 0 radical (unpaired) electrons. The second-order valence-electron chi connectivity index (χ2n) is 6.82. The van der Waals surface area contributed by atoms with E-state index < -0.39 is 0 Å². The molecule has 138 valence electrons. The van der Waals surface area contributed by atoms with Crippen LogP contribution in [-0.2, 0) is 4.79 Å². The number of nitrogens with one attached hydrogen (secondary N) is 1. The standard InChI is InChI=1S/C20H27N5O/c1-16(18-6-4-3-5-7-18)14-23-20(26)17(2)24-10-12-25(13-11-24)19-15-21-8-9-22-19/h3-9,15-17H,10-14H2,1-2H3,(H,23,26)/t16-,17-/m0/s1. The van der Waals surface area contributed by atoms with Gasteiger partial charge in [-0.2, -0.15) is 0 Å². The van der Waals surface area contributed by atoms with E-state index in [1.54, 1.807) is 18.6 Å². The Morgan fingerprint density at radius 1 is 1.12 bits per heavy atom. The SMILES string of the molecule is C[C@@H](CNC(=O)[C@H](C)N1CCN(c2cnccn2)CC1)c1ccccc1. The number of anilines is 1. The van der Waals surface area contributed by atoms with Crippen molar-refractivity contribution in [3.63, 3.8) is 0 Å². The number of hydrogen-bond donors (Lipinski definition) is 1. The van der Waals surface area contributed by atoms with Crippen molar-refractivity contribution in [3.05, 3.63) is 54.5 Å². The predicted octanol–water partition coefficient (Wildman–Crippen LogP) is 1.91. The molecule has 2 aromatic rings. The number of aromatic nitrogens is 2. The molecule has 1 aromatic carbocycles. The lowest BCUT2D eigenvalue weighted by molar-refractivity contribution is -0.126. The molecule has 1 saturated heterocycles. The second-order valence-corrected chi connectivity index (χ2v) is 6.82. The molecule has 0 aliphatic carbocycles. The first-order chi connectivity index (χ1) is 12.6. The number of piperazine rings is 1. The molecule has 1 fully saturated rings. The van der Waals surface area contributed by atoms with E-state index in [2.05, 4.69) is 44.1 Å². The summed E-state index contributed by atoms with van der Waals surface area (Å²) < 4.78 is 0. The van der Waals surface area contributed by atoms with Gasteiger partial charge in [0.15, 0.2) is 0 Å². The normalized spacial score (nSPS) is 17.5. The van der Waals surface area contributed by atoms with Crippen molar-refractivity contribution in [3.8, 4) is 0 Å². The Bertz CT molecular complexity index is 686. The highest BCUT2D eigenvalue weighted by molar-refractivity contribution is 5.81. The summed E-state index contributed by atoms with van der Waals surface area (Å²) in [6.07, 6.45) is 5.19. The molecule has 0 unspecified atom stereocenters. The number of nitrogens with zero attached hydrogens (tertiary/aromatic N) is 4. The summed E-state index contributed by atoms with van der Waals surface area (Å²) >= 11 is 0. The Morgan fingerprint density at radius 3 is 2.50 bits per heavy atom. The van der Waals surface area contributed by atoms with Gasteiger partial charge in [-0.15, -0.1) is 0 Å². The van der Waals surface area contributed by atoms with E-state index in [1.807, 2.05) is 25.1 Å². The van der Waals surface area contributed by atoms with Crippen molar-refractivity contribution in [2.24, 2.45) is 0 Å². The van der Waals surface area contributed by atoms with Gasteiger partial charge < -0.3 is 10.2 Å². The summed E-state index contributed by atoms with van der Waals surface area (Å²) in [5, 5.41) is 3.10. The lowest BCUT2D eigenvalue weighted by Crippen LogP contribution is -2.54. The average molecular weight is 353 g/mol. The van der Waals surface area contributed by atoms with Gasteiger partial charge in [0.25, 0.3) is 0 Å². The van der Waals surface area contributed by atoms with Crippen molar-refractivity contribution in [2.45, 2.75) is 25.8 Å². The summed E-state index contributed by atoms with van der Waals surface area (Å²) in [6.45, 7) is 8.19. The summed E-state index contributed by atoms with van der Waals surface area (Å²) in [5.74, 6) is 1.31. The second kappa shape index (κ2) is 8.76. The maximum atomic E-state index is 12.5. The Kier molecular flexibility index (Phi) is 6.17. The molecule has 1 aliphatic heterocycles. The molecule has 1 aliphatic rings. The van der Waals surface area contributed by atoms with E-state index in [9.17, 15) is 4.79 Å². The fourth-order valence-electron chi connectivity index (χ4n) is 3.26. The molecule has 2 atom stereocenters. The monoisotopic (exact) mass is 353 g/mol. The minimum Gasteiger partial charge on any atom is -0.354 e. The molecule has 1 amide bonds. The van der Waals surface area contributed by atoms with Crippen molar-refractivity contribution in [1.29, 1.82) is 0 Å². The van der Waals surface area contributed by atoms with Crippen LogP contribution >= 0.6 is 0 Å². The van der Waals surface area contributed by atoms with Gasteiger partial charge in [-0.1, -0.05) is 37.3 Å². The molecule has 2 heterocycles. The summed E-state index contributed by atoms with van der Waals surface area (Å²) in [6, 6.07) is 10.2. The quantitative estimate of drug-likeness (QED) is 0.860. The Hall–Kier alpha value is -2.47. The van der Waals surface area contributed by atoms with Crippen molar-refractivity contribution < 1.29 is 4.79 Å². The molecular formula is C20H27N5O. The first-order valence-corrected chi connectivity index (χ1v) is 9.23. The third-order valence-electron chi connectivity index (χ3n) is 5.07. The van der Waals surface area contributed by atoms with Crippen LogP contribution in [0.1, 0.15) is 25.3 Å². The van der Waals surface area contributed by atoms with Crippen LogP contribution in [0.2, 0.25) is 0 Å². The van der Waals surface area contributed by atoms with Crippen LogP contribution in [0.4, 0.5) is 5.82 Å². The number of hydrogen-bond acceptors (Lipinski definition) is 5. The molecule has 26 heavy (non-hydrogen) atoms. The fraction of sp³-hybridized carbons (Fsp3) is 0.450. The van der Waals surface area contributed by atoms with Crippen molar-refractivity contribution in [1.82, 2.24) is 20.2 Å². The van der Waals surface area contributed by atoms with Gasteiger partial charge in [0, 0.05) is 45.1 Å². The number of rotatable bonds is 6. The molecule has 6 nitrogen and oxygen atoms in total. The van der Waals surface area contributed by atoms with E-state index in [-0.39, 0.29) is 11.9 Å². The summed E-state index contributed by atoms with van der Waals surface area (Å²) in [5.41, 5.74) is 1.25. The molecule has 6 heteroatoms. The van der Waals surface area contributed by atoms with Crippen LogP contribution in [0, 0.1) is 0 Å². The van der Waals surface area contributed by atoms with Crippen LogP contribution in [0.3, 0.4) is 0 Å². The zero-order valence-corrected chi connectivity index (χ0v) is 15.5. The van der Waals surface area contributed by atoms with Gasteiger partial charge >= 0.3 is 0 Å². The number of benzene rings is 1. The van der Waals surface area contributed by atoms with E-state index in [0.717, 1.165) is 32.0 Å². The highest BCUT2D eigenvalue weighted by Gasteiger charge is 2.26. The maximum absolute atomic E-state index is 12.5. The minimum absolute atomic E-state index is 0.0979. The first-order valence-electron chi connectivity index (χ1n) is 9.23. The summed E-state index contributed by atoms with van der Waals surface area (Å²) in [4.78, 5) is 25.5. The zero-order chi connectivity index (χ0) is 18.4. The molecule has 3 rings (SSSR count). The molecule has 0 saturated carbocycles. The predicted molar refractivity (Wildman–Crippen MR) is 103 cm³/mol. The van der Waals surface area contributed by atoms with Gasteiger partial charge in [-0.05, 0) is 18.4 Å². The topological polar surface area (TPSA) is 61.4 Å². The highest BCUT2D eigenvalue weighted by atomic mass is 16.2. The van der Waals surface area contributed by atoms with Crippen LogP contribution in [0.15, 0.2) is 48.9 Å². The van der Waals surface area contributed by atoms with Crippen molar-refractivity contribution in [2.75, 3.05) is 37.6 Å². The van der Waals surface area contributed by atoms with Crippen molar-refractivity contribution >= 4 is 11.7 Å². The molecule has 1 aromatic heterocycles. The Balaban J connectivity index is 1.46. The lowest BCUT2D eigenvalue weighted by atomic mass is 10.0. The summed E-state index contributed by atoms with van der Waals surface area (Å²) in [7, 11) is 0. The number of carbonyl (C=O) groups excluding carboxylic acids is 1. The molecular weight excluding hydrogens is 326 g/mol. The van der Waals surface area contributed by atoms with Gasteiger partial charge in [0.05, 0.1) is 12.2 Å². The minimum atomic E-state index is -0.123. The Morgan fingerprint density at radius 2 is 1.85 bits per heavy atom. The van der Waals surface area contributed by atoms with Crippen LogP contribution in [-0.4, -0.2) is 59.5 Å². The fourth-order valence-corrected chi connectivity index (χ4v) is 3.26. The van der Waals surface area contributed by atoms with E-state index >= 15 is 0 Å². The van der Waals surface area contributed by atoms with Gasteiger partial charge in [-0.3, -0.25) is 14.7 Å². The molecule has 0 spiro atoms. The number of amides is 1. The van der Waals surface area contributed by atoms with Crippen LogP contribution in [0.25, 0.3) is 0 Å². The highest BCUT2D eigenvalue weighted by Crippen LogP contribution is 2.15. The van der Waals surface area contributed by atoms with Crippen LogP contribution in [0.5, 0.6) is 0 Å². The molecule has 1 N–H and O–H groups in total. The first kappa shape index (κ1) is 18.3. The van der Waals surface area contributed by atoms with Gasteiger partial charge in [-0.25, -0.2) is 4.98 Å². The maximum Gasteiger partial charge on any atom is 0.237 e. The van der Waals surface area contributed by atoms with E-state index in [0.29, 0.717) is 12.5 Å². The Labute approximate surface area is 155 Å². The smallest absolute Gasteiger partial charge is 0.237 e. The molecule has 0 bridgehead atoms. The van der Waals surface area contributed by atoms with Gasteiger partial charge in [0.2, 0.25) is 5.91 Å². The van der Waals surface area contributed by atoms with Crippen LogP contribution < -0.4 is 10.2 Å². The average Bonchev–Trinajstić information content (AvgIpc) is 2.72. The van der Waals surface area contributed by atoms with E-state index in [4.69, 9.17) is 0 Å². The third-order valence-corrected chi connectivity index (χ3v) is 5.07. The number of carbonyl (C=O) groups is 1. The zero-order valence-electron chi connectivity index (χ0n) is 15.5. The lowest BCUT2D eigenvalue weighted by Gasteiger charge is -2.37. The largest absolute Gasteiger partial charge is 0.354 e. The third kappa shape index (κ3) is 4.58.